The van der Waals surface area contributed by atoms with Crippen molar-refractivity contribution in [2.75, 3.05) is 20.3 Å². The van der Waals surface area contributed by atoms with E-state index in [4.69, 9.17) is 4.74 Å². The maximum Gasteiger partial charge on any atom is 0.123 e. The number of aliphatic hydroxyl groups is 1. The lowest BCUT2D eigenvalue weighted by atomic mass is 10.0. The first kappa shape index (κ1) is 16.1. The van der Waals surface area contributed by atoms with Gasteiger partial charge in [0.1, 0.15) is 5.82 Å². The summed E-state index contributed by atoms with van der Waals surface area (Å²) < 4.78 is 20.0. The lowest BCUT2D eigenvalue weighted by Gasteiger charge is -2.23. The standard InChI is InChI=1S/C17H22FN3O2/c1-23-7-6-21-11-13(9-19-21)10-20-12-16(22)8-17(20)14-2-4-15(18)5-3-14/h2-5,9,11,16-17,22H,6-8,10,12H2,1H3/t16-,17+/m1/s1. The quantitative estimate of drug-likeness (QED) is 0.884. The summed E-state index contributed by atoms with van der Waals surface area (Å²) in [5.41, 5.74) is 2.14. The number of halogens is 1. The van der Waals surface area contributed by atoms with Crippen molar-refractivity contribution in [2.45, 2.75) is 31.7 Å². The zero-order chi connectivity index (χ0) is 16.2. The molecule has 0 bridgehead atoms. The average Bonchev–Trinajstić information content (AvgIpc) is 3.13. The Hall–Kier alpha value is -1.76. The van der Waals surface area contributed by atoms with Crippen LogP contribution in [0.1, 0.15) is 23.6 Å². The van der Waals surface area contributed by atoms with Gasteiger partial charge in [0.05, 0.1) is 25.5 Å². The van der Waals surface area contributed by atoms with E-state index in [9.17, 15) is 9.50 Å². The molecular formula is C17H22FN3O2. The van der Waals surface area contributed by atoms with Gasteiger partial charge in [0, 0.05) is 38.0 Å². The van der Waals surface area contributed by atoms with Crippen molar-refractivity contribution in [1.29, 1.82) is 0 Å². The molecule has 0 aliphatic carbocycles. The highest BCUT2D eigenvalue weighted by molar-refractivity contribution is 5.22. The molecule has 1 N–H and O–H groups in total. The molecule has 1 fully saturated rings. The van der Waals surface area contributed by atoms with Gasteiger partial charge in [-0.3, -0.25) is 9.58 Å². The minimum atomic E-state index is -0.353. The predicted molar refractivity (Wildman–Crippen MR) is 84.3 cm³/mol. The summed E-state index contributed by atoms with van der Waals surface area (Å²) in [6.07, 6.45) is 4.17. The molecule has 124 valence electrons. The van der Waals surface area contributed by atoms with Crippen molar-refractivity contribution < 1.29 is 14.2 Å². The Kier molecular flexibility index (Phi) is 5.05. The van der Waals surface area contributed by atoms with E-state index in [1.807, 2.05) is 17.1 Å². The summed E-state index contributed by atoms with van der Waals surface area (Å²) in [5, 5.41) is 14.4. The average molecular weight is 319 g/mol. The summed E-state index contributed by atoms with van der Waals surface area (Å²) in [6.45, 7) is 2.68. The van der Waals surface area contributed by atoms with Gasteiger partial charge >= 0.3 is 0 Å². The van der Waals surface area contributed by atoms with Gasteiger partial charge in [0.25, 0.3) is 0 Å². The van der Waals surface area contributed by atoms with Gasteiger partial charge in [-0.25, -0.2) is 4.39 Å². The second-order valence-corrected chi connectivity index (χ2v) is 5.99. The molecule has 2 heterocycles. The first-order valence-electron chi connectivity index (χ1n) is 7.83. The second kappa shape index (κ2) is 7.21. The van der Waals surface area contributed by atoms with Crippen molar-refractivity contribution in [2.24, 2.45) is 0 Å². The van der Waals surface area contributed by atoms with Gasteiger partial charge in [-0.05, 0) is 24.1 Å². The van der Waals surface area contributed by atoms with Crippen LogP contribution in [0, 0.1) is 5.82 Å². The Morgan fingerprint density at radius 2 is 2.13 bits per heavy atom. The highest BCUT2D eigenvalue weighted by atomic mass is 19.1. The molecule has 0 saturated carbocycles. The smallest absolute Gasteiger partial charge is 0.123 e. The Morgan fingerprint density at radius 3 is 2.87 bits per heavy atom. The fraction of sp³-hybridized carbons (Fsp3) is 0.471. The summed E-state index contributed by atoms with van der Waals surface area (Å²) in [5.74, 6) is -0.238. The molecule has 23 heavy (non-hydrogen) atoms. The van der Waals surface area contributed by atoms with E-state index in [-0.39, 0.29) is 18.0 Å². The van der Waals surface area contributed by atoms with Crippen LogP contribution in [0.3, 0.4) is 0 Å². The molecule has 2 aromatic rings. The van der Waals surface area contributed by atoms with Crippen LogP contribution in [-0.4, -0.2) is 46.2 Å². The van der Waals surface area contributed by atoms with Crippen molar-refractivity contribution in [3.63, 3.8) is 0 Å². The normalized spacial score (nSPS) is 21.9. The van der Waals surface area contributed by atoms with Crippen LogP contribution in [0.5, 0.6) is 0 Å². The molecule has 3 rings (SSSR count). The lowest BCUT2D eigenvalue weighted by molar-refractivity contribution is 0.172. The van der Waals surface area contributed by atoms with Gasteiger partial charge < -0.3 is 9.84 Å². The van der Waals surface area contributed by atoms with E-state index in [1.54, 1.807) is 19.2 Å². The van der Waals surface area contributed by atoms with E-state index in [1.165, 1.54) is 12.1 Å². The number of hydrogen-bond acceptors (Lipinski definition) is 4. The van der Waals surface area contributed by atoms with Gasteiger partial charge in [-0.2, -0.15) is 5.10 Å². The topological polar surface area (TPSA) is 50.5 Å². The van der Waals surface area contributed by atoms with E-state index in [0.717, 1.165) is 17.7 Å². The zero-order valence-corrected chi connectivity index (χ0v) is 13.2. The summed E-state index contributed by atoms with van der Waals surface area (Å²) >= 11 is 0. The van der Waals surface area contributed by atoms with E-state index in [0.29, 0.717) is 26.1 Å². The number of aliphatic hydroxyl groups excluding tert-OH is 1. The van der Waals surface area contributed by atoms with E-state index >= 15 is 0 Å². The number of methoxy groups -OCH3 is 1. The maximum absolute atomic E-state index is 13.1. The molecule has 2 atom stereocenters. The van der Waals surface area contributed by atoms with Crippen LogP contribution in [0.2, 0.25) is 0 Å². The molecule has 0 unspecified atom stereocenters. The summed E-state index contributed by atoms with van der Waals surface area (Å²) in [7, 11) is 1.67. The number of ether oxygens (including phenoxy) is 1. The van der Waals surface area contributed by atoms with Crippen LogP contribution in [0.4, 0.5) is 4.39 Å². The Balaban J connectivity index is 1.69. The third kappa shape index (κ3) is 3.96. The molecule has 0 radical (unpaired) electrons. The molecule has 5 nitrogen and oxygen atoms in total. The molecule has 6 heteroatoms. The monoisotopic (exact) mass is 319 g/mol. The second-order valence-electron chi connectivity index (χ2n) is 5.99. The number of aromatic nitrogens is 2. The third-order valence-corrected chi connectivity index (χ3v) is 4.23. The number of likely N-dealkylation sites (tertiary alicyclic amines) is 1. The van der Waals surface area contributed by atoms with Crippen molar-refractivity contribution in [3.05, 3.63) is 53.6 Å². The van der Waals surface area contributed by atoms with Crippen LogP contribution < -0.4 is 0 Å². The van der Waals surface area contributed by atoms with Gasteiger partial charge in [0.15, 0.2) is 0 Å². The maximum atomic E-state index is 13.1. The van der Waals surface area contributed by atoms with Crippen LogP contribution in [0.15, 0.2) is 36.7 Å². The van der Waals surface area contributed by atoms with Crippen molar-refractivity contribution in [1.82, 2.24) is 14.7 Å². The van der Waals surface area contributed by atoms with Crippen LogP contribution in [-0.2, 0) is 17.8 Å². The largest absolute Gasteiger partial charge is 0.392 e. The highest BCUT2D eigenvalue weighted by Crippen LogP contribution is 2.33. The minimum absolute atomic E-state index is 0.105. The zero-order valence-electron chi connectivity index (χ0n) is 13.2. The first-order valence-corrected chi connectivity index (χ1v) is 7.83. The number of nitrogens with zero attached hydrogens (tertiary/aromatic N) is 3. The fourth-order valence-electron chi connectivity index (χ4n) is 3.12. The molecule has 0 spiro atoms. The lowest BCUT2D eigenvalue weighted by Crippen LogP contribution is -2.24. The Morgan fingerprint density at radius 1 is 1.35 bits per heavy atom. The minimum Gasteiger partial charge on any atom is -0.392 e. The van der Waals surface area contributed by atoms with Gasteiger partial charge in [0.2, 0.25) is 0 Å². The van der Waals surface area contributed by atoms with Crippen molar-refractivity contribution >= 4 is 0 Å². The van der Waals surface area contributed by atoms with Gasteiger partial charge in [-0.1, -0.05) is 12.1 Å². The van der Waals surface area contributed by atoms with Crippen molar-refractivity contribution in [3.8, 4) is 0 Å². The number of benzene rings is 1. The highest BCUT2D eigenvalue weighted by Gasteiger charge is 2.32. The third-order valence-electron chi connectivity index (χ3n) is 4.23. The summed E-state index contributed by atoms with van der Waals surface area (Å²) in [4.78, 5) is 2.22. The van der Waals surface area contributed by atoms with E-state index in [2.05, 4.69) is 10.00 Å². The SMILES string of the molecule is COCCn1cc(CN2C[C@H](O)C[C@H]2c2ccc(F)cc2)cn1. The van der Waals surface area contributed by atoms with E-state index < -0.39 is 0 Å². The molecule has 1 aliphatic rings. The molecule has 1 aromatic carbocycles. The molecule has 1 saturated heterocycles. The van der Waals surface area contributed by atoms with Crippen LogP contribution in [0.25, 0.3) is 0 Å². The number of β-amino-alcohol motifs (C(OH)–C–C–N with tert-alkyl or cyclic N) is 1. The predicted octanol–water partition coefficient (Wildman–Crippen LogP) is 1.98. The Labute approximate surface area is 135 Å². The summed E-state index contributed by atoms with van der Waals surface area (Å²) in [6, 6.07) is 6.65. The number of rotatable bonds is 6. The fourth-order valence-corrected chi connectivity index (χ4v) is 3.12. The molecule has 1 aromatic heterocycles. The molecular weight excluding hydrogens is 297 g/mol. The Bertz CT molecular complexity index is 629. The van der Waals surface area contributed by atoms with Crippen LogP contribution >= 0.6 is 0 Å². The van der Waals surface area contributed by atoms with Gasteiger partial charge in [-0.15, -0.1) is 0 Å². The molecule has 1 aliphatic heterocycles. The number of hydrogen-bond donors (Lipinski definition) is 1. The molecule has 0 amide bonds. The first-order chi connectivity index (χ1) is 11.2.